The Bertz CT molecular complexity index is 67.1. The van der Waals surface area contributed by atoms with Crippen molar-refractivity contribution in [3.8, 4) is 0 Å². The molecule has 1 heteroatoms. The van der Waals surface area contributed by atoms with Crippen molar-refractivity contribution in [3.05, 3.63) is 19.1 Å². The summed E-state index contributed by atoms with van der Waals surface area (Å²) in [5.41, 5.74) is 0. The van der Waals surface area contributed by atoms with Gasteiger partial charge in [-0.05, 0) is 6.42 Å². The van der Waals surface area contributed by atoms with Crippen LogP contribution in [0.3, 0.4) is 0 Å². The van der Waals surface area contributed by atoms with E-state index in [2.05, 4.69) is 26.0 Å². The zero-order valence-corrected chi connectivity index (χ0v) is 9.81. The minimum Gasteiger partial charge on any atom is -0.343 e. The van der Waals surface area contributed by atoms with Crippen molar-refractivity contribution in [3.63, 3.8) is 0 Å². The first-order chi connectivity index (χ1) is 4.41. The van der Waals surface area contributed by atoms with Gasteiger partial charge in [-0.25, -0.2) is 0 Å². The third-order valence-corrected chi connectivity index (χ3v) is 1.26. The summed E-state index contributed by atoms with van der Waals surface area (Å²) in [5, 5.41) is 0. The van der Waals surface area contributed by atoms with Gasteiger partial charge in [0.2, 0.25) is 0 Å². The molecule has 0 spiro atoms. The van der Waals surface area contributed by atoms with E-state index in [1.807, 2.05) is 0 Å². The standard InChI is InChI=1S/C9H17.Y/c1-3-5-7-9-8-6-4-2;/h7,9H,1,3-6,8H2,2H3;/q-1;/b9-7+;. The van der Waals surface area contributed by atoms with Crippen molar-refractivity contribution in [2.45, 2.75) is 39.0 Å². The fraction of sp³-hybridized carbons (Fsp3) is 0.667. The molecule has 57 valence electrons. The number of hydrogen-bond donors (Lipinski definition) is 0. The van der Waals surface area contributed by atoms with Crippen LogP contribution in [-0.2, 0) is 32.7 Å². The molecular weight excluding hydrogens is 197 g/mol. The largest absolute Gasteiger partial charge is 0.343 e. The average Bonchev–Trinajstić information content (AvgIpc) is 1.89. The van der Waals surface area contributed by atoms with E-state index in [0.29, 0.717) is 0 Å². The van der Waals surface area contributed by atoms with Gasteiger partial charge in [-0.2, -0.15) is 6.42 Å². The maximum Gasteiger partial charge on any atom is 0 e. The van der Waals surface area contributed by atoms with E-state index in [1.54, 1.807) is 0 Å². The molecule has 0 unspecified atom stereocenters. The van der Waals surface area contributed by atoms with Crippen molar-refractivity contribution < 1.29 is 32.7 Å². The maximum atomic E-state index is 3.75. The number of unbranched alkanes of at least 4 members (excludes halogenated alkanes) is 3. The molecule has 0 N–H and O–H groups in total. The SMILES string of the molecule is [CH2-]CC/C=C/CCCC.[Y]. The van der Waals surface area contributed by atoms with E-state index in [9.17, 15) is 0 Å². The second-order valence-electron chi connectivity index (χ2n) is 2.26. The Morgan fingerprint density at radius 2 is 1.80 bits per heavy atom. The van der Waals surface area contributed by atoms with Crippen LogP contribution in [0.1, 0.15) is 39.0 Å². The van der Waals surface area contributed by atoms with E-state index < -0.39 is 0 Å². The molecule has 0 atom stereocenters. The first-order valence-electron chi connectivity index (χ1n) is 3.86. The van der Waals surface area contributed by atoms with Gasteiger partial charge in [-0.1, -0.05) is 38.3 Å². The van der Waals surface area contributed by atoms with Gasteiger partial charge in [0.25, 0.3) is 0 Å². The van der Waals surface area contributed by atoms with Gasteiger partial charge in [-0.3, -0.25) is 0 Å². The van der Waals surface area contributed by atoms with Crippen LogP contribution >= 0.6 is 0 Å². The zero-order chi connectivity index (χ0) is 6.95. The summed E-state index contributed by atoms with van der Waals surface area (Å²) in [6, 6.07) is 0. The quantitative estimate of drug-likeness (QED) is 0.374. The van der Waals surface area contributed by atoms with E-state index >= 15 is 0 Å². The van der Waals surface area contributed by atoms with Crippen LogP contribution in [0.15, 0.2) is 12.2 Å². The van der Waals surface area contributed by atoms with Crippen LogP contribution in [-0.4, -0.2) is 0 Å². The monoisotopic (exact) mass is 214 g/mol. The molecule has 0 saturated heterocycles. The van der Waals surface area contributed by atoms with Crippen molar-refractivity contribution in [2.75, 3.05) is 0 Å². The summed E-state index contributed by atoms with van der Waals surface area (Å²) in [6.07, 6.45) is 10.5. The second-order valence-corrected chi connectivity index (χ2v) is 2.26. The Morgan fingerprint density at radius 3 is 2.30 bits per heavy atom. The molecule has 0 aliphatic carbocycles. The molecule has 0 nitrogen and oxygen atoms in total. The summed E-state index contributed by atoms with van der Waals surface area (Å²) in [5.74, 6) is 0. The van der Waals surface area contributed by atoms with Crippen molar-refractivity contribution >= 4 is 0 Å². The Morgan fingerprint density at radius 1 is 1.20 bits per heavy atom. The summed E-state index contributed by atoms with van der Waals surface area (Å²) in [4.78, 5) is 0. The number of allylic oxidation sites excluding steroid dienone is 2. The molecule has 0 aromatic rings. The second kappa shape index (κ2) is 12.5. The van der Waals surface area contributed by atoms with E-state index in [-0.39, 0.29) is 32.7 Å². The number of rotatable bonds is 5. The van der Waals surface area contributed by atoms with E-state index in [4.69, 9.17) is 0 Å². The van der Waals surface area contributed by atoms with Crippen LogP contribution in [0.2, 0.25) is 0 Å². The van der Waals surface area contributed by atoms with E-state index in [1.165, 1.54) is 19.3 Å². The Labute approximate surface area is 90.4 Å². The predicted octanol–water partition coefficient (Wildman–Crippen LogP) is 3.34. The smallest absolute Gasteiger partial charge is 0 e. The van der Waals surface area contributed by atoms with Gasteiger partial charge in [-0.15, -0.1) is 0 Å². The molecule has 1 radical (unpaired) electrons. The molecule has 0 fully saturated rings. The number of hydrogen-bond acceptors (Lipinski definition) is 0. The van der Waals surface area contributed by atoms with Gasteiger partial charge in [0.1, 0.15) is 0 Å². The Hall–Kier alpha value is 0.844. The van der Waals surface area contributed by atoms with Gasteiger partial charge in [0.15, 0.2) is 0 Å². The van der Waals surface area contributed by atoms with Crippen LogP contribution in [0, 0.1) is 6.92 Å². The van der Waals surface area contributed by atoms with Crippen LogP contribution < -0.4 is 0 Å². The fourth-order valence-corrected chi connectivity index (χ4v) is 0.676. The van der Waals surface area contributed by atoms with Crippen molar-refractivity contribution in [2.24, 2.45) is 0 Å². The van der Waals surface area contributed by atoms with E-state index in [0.717, 1.165) is 12.8 Å². The van der Waals surface area contributed by atoms with Crippen LogP contribution in [0.5, 0.6) is 0 Å². The van der Waals surface area contributed by atoms with Gasteiger partial charge < -0.3 is 6.92 Å². The summed E-state index contributed by atoms with van der Waals surface area (Å²) < 4.78 is 0. The molecular formula is C9H17Y-. The molecule has 0 aliphatic heterocycles. The minimum atomic E-state index is 0. The normalized spacial score (nSPS) is 9.80. The molecule has 0 aromatic heterocycles. The minimum absolute atomic E-state index is 0. The Balaban J connectivity index is 0. The summed E-state index contributed by atoms with van der Waals surface area (Å²) >= 11 is 0. The maximum absolute atomic E-state index is 3.75. The summed E-state index contributed by atoms with van der Waals surface area (Å²) in [7, 11) is 0. The molecule has 0 aliphatic rings. The average molecular weight is 214 g/mol. The molecule has 0 aromatic carbocycles. The molecule has 0 rings (SSSR count). The molecule has 0 saturated carbocycles. The van der Waals surface area contributed by atoms with Gasteiger partial charge in [0, 0.05) is 32.7 Å². The summed E-state index contributed by atoms with van der Waals surface area (Å²) in [6.45, 7) is 5.97. The van der Waals surface area contributed by atoms with Crippen molar-refractivity contribution in [1.82, 2.24) is 0 Å². The first kappa shape index (κ1) is 13.4. The molecule has 0 heterocycles. The van der Waals surface area contributed by atoms with Crippen LogP contribution in [0.4, 0.5) is 0 Å². The predicted molar refractivity (Wildman–Crippen MR) is 43.3 cm³/mol. The third kappa shape index (κ3) is 11.6. The zero-order valence-electron chi connectivity index (χ0n) is 6.97. The fourth-order valence-electron chi connectivity index (χ4n) is 0.676. The van der Waals surface area contributed by atoms with Gasteiger partial charge in [0.05, 0.1) is 0 Å². The third-order valence-electron chi connectivity index (χ3n) is 1.26. The van der Waals surface area contributed by atoms with Gasteiger partial charge >= 0.3 is 0 Å². The molecule has 0 amide bonds. The molecule has 0 bridgehead atoms. The molecule has 10 heavy (non-hydrogen) atoms. The van der Waals surface area contributed by atoms with Crippen LogP contribution in [0.25, 0.3) is 0 Å². The first-order valence-corrected chi connectivity index (χ1v) is 3.86. The van der Waals surface area contributed by atoms with Crippen molar-refractivity contribution in [1.29, 1.82) is 0 Å². The topological polar surface area (TPSA) is 0 Å². The Kier molecular flexibility index (Phi) is 16.8.